The molecule has 0 aliphatic rings. The Kier molecular flexibility index (Phi) is 12.5. The molecule has 0 atom stereocenters. The molecule has 1 aromatic heterocycles. The van der Waals surface area contributed by atoms with E-state index in [1.165, 1.54) is 38.5 Å². The Morgan fingerprint density at radius 2 is 1.58 bits per heavy atom. The average molecular weight is 489 g/mol. The van der Waals surface area contributed by atoms with Gasteiger partial charge in [-0.05, 0) is 44.5 Å². The highest BCUT2D eigenvalue weighted by atomic mass is 32.1. The third kappa shape index (κ3) is 8.42. The highest BCUT2D eigenvalue weighted by Crippen LogP contribution is 2.40. The van der Waals surface area contributed by atoms with Crippen LogP contribution in [0.25, 0.3) is 11.1 Å². The lowest BCUT2D eigenvalue weighted by Gasteiger charge is -2.26. The predicted octanol–water partition coefficient (Wildman–Crippen LogP) is 8.06. The lowest BCUT2D eigenvalue weighted by Crippen LogP contribution is -2.36. The summed E-state index contributed by atoms with van der Waals surface area (Å²) in [5.41, 5.74) is 2.54. The van der Waals surface area contributed by atoms with E-state index in [2.05, 4.69) is 31.0 Å². The van der Waals surface area contributed by atoms with Crippen LogP contribution >= 0.6 is 23.6 Å². The summed E-state index contributed by atoms with van der Waals surface area (Å²) in [6.07, 6.45) is 9.64. The van der Waals surface area contributed by atoms with Gasteiger partial charge < -0.3 is 15.0 Å². The number of rotatable bonds is 14. The molecule has 0 spiro atoms. The Morgan fingerprint density at radius 1 is 0.970 bits per heavy atom. The molecule has 0 saturated carbocycles. The van der Waals surface area contributed by atoms with E-state index in [1.807, 2.05) is 37.3 Å². The van der Waals surface area contributed by atoms with Gasteiger partial charge in [-0.3, -0.25) is 0 Å². The predicted molar refractivity (Wildman–Crippen MR) is 147 cm³/mol. The van der Waals surface area contributed by atoms with Gasteiger partial charge in [0.2, 0.25) is 0 Å². The van der Waals surface area contributed by atoms with E-state index in [-0.39, 0.29) is 5.97 Å². The number of thiophene rings is 1. The minimum Gasteiger partial charge on any atom is -0.462 e. The number of nitrogens with one attached hydrogen (secondary N) is 1. The number of aryl methyl sites for hydroxylation is 1. The van der Waals surface area contributed by atoms with Gasteiger partial charge in [0.15, 0.2) is 5.11 Å². The summed E-state index contributed by atoms with van der Waals surface area (Å²) >= 11 is 7.44. The molecule has 1 heterocycles. The standard InChI is InChI=1S/C27H40N2O2S2/c1-5-8-10-15-19-29(20-16-11-9-6-2)27(32)28-25-24(26(30)31-7-3)23(21(4)33-25)22-17-13-12-14-18-22/h12-14,17-18H,5-11,15-16,19-20H2,1-4H3,(H,28,32). The number of thiocarbonyl (C=S) groups is 1. The maximum atomic E-state index is 13.0. The second-order valence-corrected chi connectivity index (χ2v) is 9.97. The summed E-state index contributed by atoms with van der Waals surface area (Å²) in [4.78, 5) is 16.4. The minimum absolute atomic E-state index is 0.302. The van der Waals surface area contributed by atoms with Crippen molar-refractivity contribution in [3.05, 3.63) is 40.8 Å². The minimum atomic E-state index is -0.302. The second-order valence-electron chi connectivity index (χ2n) is 8.36. The number of esters is 1. The molecule has 0 saturated heterocycles. The first-order chi connectivity index (χ1) is 16.0. The van der Waals surface area contributed by atoms with Gasteiger partial charge >= 0.3 is 5.97 Å². The van der Waals surface area contributed by atoms with E-state index < -0.39 is 0 Å². The first kappa shape index (κ1) is 27.3. The van der Waals surface area contributed by atoms with E-state index in [0.29, 0.717) is 17.3 Å². The van der Waals surface area contributed by atoms with Gasteiger partial charge in [0.25, 0.3) is 0 Å². The molecular formula is C27H40N2O2S2. The van der Waals surface area contributed by atoms with E-state index >= 15 is 0 Å². The molecule has 4 nitrogen and oxygen atoms in total. The van der Waals surface area contributed by atoms with Crippen LogP contribution in [0.5, 0.6) is 0 Å². The van der Waals surface area contributed by atoms with E-state index in [4.69, 9.17) is 17.0 Å². The molecule has 6 heteroatoms. The molecule has 2 aromatic rings. The van der Waals surface area contributed by atoms with Crippen LogP contribution in [0.1, 0.15) is 87.4 Å². The Hall–Kier alpha value is -1.92. The highest BCUT2D eigenvalue weighted by molar-refractivity contribution is 7.80. The summed E-state index contributed by atoms with van der Waals surface area (Å²) in [6.45, 7) is 10.6. The first-order valence-electron chi connectivity index (χ1n) is 12.4. The van der Waals surface area contributed by atoms with Crippen molar-refractivity contribution in [2.24, 2.45) is 0 Å². The van der Waals surface area contributed by atoms with Crippen molar-refractivity contribution in [1.29, 1.82) is 0 Å². The van der Waals surface area contributed by atoms with Crippen LogP contribution in [0.2, 0.25) is 0 Å². The molecule has 2 rings (SSSR count). The highest BCUT2D eigenvalue weighted by Gasteiger charge is 2.25. The molecule has 1 aromatic carbocycles. The van der Waals surface area contributed by atoms with Crippen LogP contribution < -0.4 is 5.32 Å². The SMILES string of the molecule is CCCCCCN(CCCCCC)C(=S)Nc1sc(C)c(-c2ccccc2)c1C(=O)OCC. The van der Waals surface area contributed by atoms with Crippen LogP contribution in [0.3, 0.4) is 0 Å². The number of ether oxygens (including phenoxy) is 1. The normalized spacial score (nSPS) is 10.8. The van der Waals surface area contributed by atoms with Crippen LogP contribution in [0.4, 0.5) is 5.00 Å². The van der Waals surface area contributed by atoms with Gasteiger partial charge in [-0.1, -0.05) is 82.7 Å². The van der Waals surface area contributed by atoms with Crippen LogP contribution in [-0.2, 0) is 4.74 Å². The Bertz CT molecular complexity index is 853. The van der Waals surface area contributed by atoms with Crippen LogP contribution in [-0.4, -0.2) is 35.7 Å². The van der Waals surface area contributed by atoms with E-state index in [1.54, 1.807) is 11.3 Å². The van der Waals surface area contributed by atoms with Crippen molar-refractivity contribution < 1.29 is 9.53 Å². The molecule has 1 N–H and O–H groups in total. The van der Waals surface area contributed by atoms with E-state index in [9.17, 15) is 4.79 Å². The monoisotopic (exact) mass is 488 g/mol. The fourth-order valence-corrected chi connectivity index (χ4v) is 5.35. The Labute approximate surface area is 209 Å². The van der Waals surface area contributed by atoms with Gasteiger partial charge in [0, 0.05) is 23.5 Å². The van der Waals surface area contributed by atoms with Crippen molar-refractivity contribution in [3.63, 3.8) is 0 Å². The number of unbranched alkanes of at least 4 members (excludes halogenated alkanes) is 6. The zero-order chi connectivity index (χ0) is 24.1. The lowest BCUT2D eigenvalue weighted by molar-refractivity contribution is 0.0529. The third-order valence-electron chi connectivity index (χ3n) is 5.70. The molecule has 0 aliphatic carbocycles. The van der Waals surface area contributed by atoms with Crippen LogP contribution in [0, 0.1) is 6.92 Å². The van der Waals surface area contributed by atoms with Gasteiger partial charge in [0.05, 0.1) is 6.61 Å². The first-order valence-corrected chi connectivity index (χ1v) is 13.7. The topological polar surface area (TPSA) is 41.6 Å². The lowest BCUT2D eigenvalue weighted by atomic mass is 10.0. The van der Waals surface area contributed by atoms with Crippen molar-refractivity contribution in [1.82, 2.24) is 4.90 Å². The summed E-state index contributed by atoms with van der Waals surface area (Å²) in [6, 6.07) is 10.0. The van der Waals surface area contributed by atoms with Crippen molar-refractivity contribution >= 4 is 39.6 Å². The molecule has 0 unspecified atom stereocenters. The van der Waals surface area contributed by atoms with Crippen molar-refractivity contribution in [2.45, 2.75) is 79.1 Å². The number of carbonyl (C=O) groups excluding carboxylic acids is 1. The summed E-state index contributed by atoms with van der Waals surface area (Å²) in [5, 5.41) is 4.92. The van der Waals surface area contributed by atoms with Gasteiger partial charge in [-0.25, -0.2) is 4.79 Å². The maximum Gasteiger partial charge on any atom is 0.341 e. The molecule has 0 aliphatic heterocycles. The Balaban J connectivity index is 2.27. The fraction of sp³-hybridized carbons (Fsp3) is 0.556. The molecule has 182 valence electrons. The number of hydrogen-bond acceptors (Lipinski definition) is 4. The summed E-state index contributed by atoms with van der Waals surface area (Å²) in [7, 11) is 0. The Morgan fingerprint density at radius 3 is 2.12 bits per heavy atom. The number of nitrogens with zero attached hydrogens (tertiary/aromatic N) is 1. The molecule has 33 heavy (non-hydrogen) atoms. The molecular weight excluding hydrogens is 448 g/mol. The number of carbonyl (C=O) groups is 1. The number of benzene rings is 1. The zero-order valence-electron chi connectivity index (χ0n) is 20.7. The van der Waals surface area contributed by atoms with Gasteiger partial charge in [-0.15, -0.1) is 11.3 Å². The second kappa shape index (κ2) is 15.1. The molecule has 0 amide bonds. The van der Waals surface area contributed by atoms with E-state index in [0.717, 1.165) is 46.9 Å². The summed E-state index contributed by atoms with van der Waals surface area (Å²) < 4.78 is 5.44. The number of anilines is 1. The smallest absolute Gasteiger partial charge is 0.341 e. The van der Waals surface area contributed by atoms with Crippen molar-refractivity contribution in [3.8, 4) is 11.1 Å². The number of hydrogen-bond donors (Lipinski definition) is 1. The molecule has 0 radical (unpaired) electrons. The maximum absolute atomic E-state index is 13.0. The largest absolute Gasteiger partial charge is 0.462 e. The molecule has 0 bridgehead atoms. The summed E-state index contributed by atoms with van der Waals surface area (Å²) in [5.74, 6) is -0.302. The third-order valence-corrected chi connectivity index (χ3v) is 7.08. The van der Waals surface area contributed by atoms with Gasteiger partial charge in [-0.2, -0.15) is 0 Å². The van der Waals surface area contributed by atoms with Crippen molar-refractivity contribution in [2.75, 3.05) is 25.0 Å². The zero-order valence-corrected chi connectivity index (χ0v) is 22.4. The molecule has 0 fully saturated rings. The van der Waals surface area contributed by atoms with Crippen LogP contribution in [0.15, 0.2) is 30.3 Å². The average Bonchev–Trinajstić information content (AvgIpc) is 3.14. The van der Waals surface area contributed by atoms with Gasteiger partial charge in [0.1, 0.15) is 10.6 Å². The fourth-order valence-electron chi connectivity index (χ4n) is 3.93. The quantitative estimate of drug-likeness (QED) is 0.165.